The number of carbonyl (C=O) groups excluding carboxylic acids is 1. The van der Waals surface area contributed by atoms with Crippen molar-refractivity contribution in [3.05, 3.63) is 30.3 Å². The molecule has 1 aromatic carbocycles. The molecule has 0 aliphatic carbocycles. The molecule has 1 aliphatic heterocycles. The first-order chi connectivity index (χ1) is 9.52. The summed E-state index contributed by atoms with van der Waals surface area (Å²) in [6.45, 7) is 5.05. The van der Waals surface area contributed by atoms with E-state index in [0.717, 1.165) is 18.7 Å². The van der Waals surface area contributed by atoms with Gasteiger partial charge in [0.15, 0.2) is 0 Å². The van der Waals surface area contributed by atoms with E-state index >= 15 is 0 Å². The molecule has 0 radical (unpaired) electrons. The molecule has 110 valence electrons. The summed E-state index contributed by atoms with van der Waals surface area (Å²) in [4.78, 5) is 14.1. The molecular weight excluding hydrogens is 252 g/mol. The monoisotopic (exact) mass is 276 g/mol. The Bertz CT molecular complexity index is 445. The average molecular weight is 276 g/mol. The summed E-state index contributed by atoms with van der Waals surface area (Å²) in [5, 5.41) is 13.3. The first-order valence-electron chi connectivity index (χ1n) is 7.33. The maximum absolute atomic E-state index is 12.2. The molecule has 4 heteroatoms. The number of hydrogen-bond donors (Lipinski definition) is 2. The van der Waals surface area contributed by atoms with Crippen LogP contribution in [0, 0.1) is 0 Å². The molecule has 1 heterocycles. The Hall–Kier alpha value is -1.39. The summed E-state index contributed by atoms with van der Waals surface area (Å²) < 4.78 is 0. The van der Waals surface area contributed by atoms with Crippen LogP contribution in [0.5, 0.6) is 0 Å². The van der Waals surface area contributed by atoms with Gasteiger partial charge in [0.05, 0.1) is 5.60 Å². The van der Waals surface area contributed by atoms with Crippen LogP contribution in [0.4, 0.5) is 5.69 Å². The van der Waals surface area contributed by atoms with Gasteiger partial charge in [-0.1, -0.05) is 25.1 Å². The normalized spacial score (nSPS) is 22.6. The van der Waals surface area contributed by atoms with Gasteiger partial charge in [-0.3, -0.25) is 4.79 Å². The lowest BCUT2D eigenvalue weighted by Crippen LogP contribution is -2.49. The van der Waals surface area contributed by atoms with Crippen LogP contribution < -0.4 is 10.2 Å². The molecule has 1 aromatic rings. The van der Waals surface area contributed by atoms with E-state index in [-0.39, 0.29) is 11.9 Å². The number of aliphatic hydroxyl groups is 1. The molecule has 2 atom stereocenters. The van der Waals surface area contributed by atoms with E-state index in [1.54, 1.807) is 0 Å². The van der Waals surface area contributed by atoms with Gasteiger partial charge in [0.1, 0.15) is 0 Å². The zero-order valence-corrected chi connectivity index (χ0v) is 12.3. The quantitative estimate of drug-likeness (QED) is 0.864. The number of carbonyl (C=O) groups is 1. The van der Waals surface area contributed by atoms with Crippen LogP contribution >= 0.6 is 0 Å². The van der Waals surface area contributed by atoms with Gasteiger partial charge >= 0.3 is 0 Å². The predicted molar refractivity (Wildman–Crippen MR) is 80.7 cm³/mol. The van der Waals surface area contributed by atoms with Gasteiger partial charge in [0.25, 0.3) is 0 Å². The van der Waals surface area contributed by atoms with E-state index in [2.05, 4.69) is 5.32 Å². The average Bonchev–Trinajstić information content (AvgIpc) is 2.46. The Morgan fingerprint density at radius 2 is 2.10 bits per heavy atom. The fraction of sp³-hybridized carbons (Fsp3) is 0.562. The van der Waals surface area contributed by atoms with Crippen molar-refractivity contribution >= 4 is 11.6 Å². The minimum Gasteiger partial charge on any atom is -0.389 e. The molecule has 1 saturated heterocycles. The second kappa shape index (κ2) is 6.37. The lowest BCUT2D eigenvalue weighted by molar-refractivity contribution is -0.120. The van der Waals surface area contributed by atoms with Crippen molar-refractivity contribution in [1.82, 2.24) is 5.32 Å². The van der Waals surface area contributed by atoms with E-state index in [1.165, 1.54) is 0 Å². The molecule has 1 aliphatic rings. The highest BCUT2D eigenvalue weighted by molar-refractivity contribution is 5.94. The van der Waals surface area contributed by atoms with Crippen LogP contribution in [0.2, 0.25) is 0 Å². The predicted octanol–water partition coefficient (Wildman–Crippen LogP) is 1.93. The van der Waals surface area contributed by atoms with Gasteiger partial charge in [-0.25, -0.2) is 0 Å². The van der Waals surface area contributed by atoms with Gasteiger partial charge in [-0.15, -0.1) is 0 Å². The Balaban J connectivity index is 1.88. The Morgan fingerprint density at radius 1 is 1.40 bits per heavy atom. The number of hydrogen-bond acceptors (Lipinski definition) is 3. The summed E-state index contributed by atoms with van der Waals surface area (Å²) in [5.74, 6) is 0.149. The SMILES string of the molecule is CCC(C)(O)CNC1CCN(c2ccccc2)C(=O)C1. The van der Waals surface area contributed by atoms with Crippen molar-refractivity contribution in [1.29, 1.82) is 0 Å². The fourth-order valence-corrected chi connectivity index (χ4v) is 2.38. The molecule has 2 unspecified atom stereocenters. The number of nitrogens with one attached hydrogen (secondary N) is 1. The summed E-state index contributed by atoms with van der Waals surface area (Å²) in [5.41, 5.74) is 0.274. The first-order valence-corrected chi connectivity index (χ1v) is 7.33. The van der Waals surface area contributed by atoms with Crippen molar-refractivity contribution in [3.8, 4) is 0 Å². The second-order valence-electron chi connectivity index (χ2n) is 5.80. The number of anilines is 1. The number of rotatable bonds is 5. The number of benzene rings is 1. The van der Waals surface area contributed by atoms with Gasteiger partial charge < -0.3 is 15.3 Å². The molecular formula is C16H24N2O2. The molecule has 4 nitrogen and oxygen atoms in total. The van der Waals surface area contributed by atoms with Crippen LogP contribution in [-0.4, -0.2) is 35.7 Å². The van der Waals surface area contributed by atoms with Crippen molar-refractivity contribution < 1.29 is 9.90 Å². The molecule has 2 N–H and O–H groups in total. The van der Waals surface area contributed by atoms with E-state index in [4.69, 9.17) is 0 Å². The third-order valence-corrected chi connectivity index (χ3v) is 4.02. The van der Waals surface area contributed by atoms with Crippen LogP contribution in [-0.2, 0) is 4.79 Å². The van der Waals surface area contributed by atoms with E-state index in [1.807, 2.05) is 49.1 Å². The highest BCUT2D eigenvalue weighted by atomic mass is 16.3. The smallest absolute Gasteiger partial charge is 0.228 e. The Labute approximate surface area is 120 Å². The molecule has 1 amide bonds. The van der Waals surface area contributed by atoms with Gasteiger partial charge in [0.2, 0.25) is 5.91 Å². The van der Waals surface area contributed by atoms with Gasteiger partial charge in [0, 0.05) is 31.2 Å². The lowest BCUT2D eigenvalue weighted by atomic mass is 10.00. The fourth-order valence-electron chi connectivity index (χ4n) is 2.38. The van der Waals surface area contributed by atoms with Crippen molar-refractivity contribution in [2.45, 2.75) is 44.8 Å². The molecule has 0 saturated carbocycles. The maximum Gasteiger partial charge on any atom is 0.228 e. The number of nitrogens with zero attached hydrogens (tertiary/aromatic N) is 1. The van der Waals surface area contributed by atoms with Crippen LogP contribution in [0.3, 0.4) is 0 Å². The number of para-hydroxylation sites is 1. The maximum atomic E-state index is 12.2. The van der Waals surface area contributed by atoms with Crippen LogP contribution in [0.15, 0.2) is 30.3 Å². The van der Waals surface area contributed by atoms with Gasteiger partial charge in [-0.05, 0) is 31.9 Å². The van der Waals surface area contributed by atoms with Crippen molar-refractivity contribution in [3.63, 3.8) is 0 Å². The highest BCUT2D eigenvalue weighted by Crippen LogP contribution is 2.21. The zero-order chi connectivity index (χ0) is 14.6. The molecule has 2 rings (SSSR count). The summed E-state index contributed by atoms with van der Waals surface area (Å²) in [6.07, 6.45) is 2.12. The first kappa shape index (κ1) is 15.0. The Morgan fingerprint density at radius 3 is 2.70 bits per heavy atom. The largest absolute Gasteiger partial charge is 0.389 e. The van der Waals surface area contributed by atoms with E-state index < -0.39 is 5.60 Å². The Kier molecular flexibility index (Phi) is 4.78. The topological polar surface area (TPSA) is 52.6 Å². The molecule has 1 fully saturated rings. The molecule has 0 bridgehead atoms. The third-order valence-electron chi connectivity index (χ3n) is 4.02. The van der Waals surface area contributed by atoms with Crippen molar-refractivity contribution in [2.75, 3.05) is 18.0 Å². The summed E-state index contributed by atoms with van der Waals surface area (Å²) in [6, 6.07) is 9.95. The van der Waals surface area contributed by atoms with E-state index in [9.17, 15) is 9.90 Å². The number of piperidine rings is 1. The molecule has 0 spiro atoms. The van der Waals surface area contributed by atoms with Crippen molar-refractivity contribution in [2.24, 2.45) is 0 Å². The highest BCUT2D eigenvalue weighted by Gasteiger charge is 2.28. The standard InChI is InChI=1S/C16H24N2O2/c1-3-16(2,20)12-17-13-9-10-18(15(19)11-13)14-7-5-4-6-8-14/h4-8,13,17,20H,3,9-12H2,1-2H3. The minimum atomic E-state index is -0.695. The van der Waals surface area contributed by atoms with Crippen LogP contribution in [0.1, 0.15) is 33.1 Å². The number of amides is 1. The van der Waals surface area contributed by atoms with Crippen LogP contribution in [0.25, 0.3) is 0 Å². The zero-order valence-electron chi connectivity index (χ0n) is 12.3. The minimum absolute atomic E-state index is 0.149. The second-order valence-corrected chi connectivity index (χ2v) is 5.80. The summed E-state index contributed by atoms with van der Waals surface area (Å²) >= 11 is 0. The van der Waals surface area contributed by atoms with Gasteiger partial charge in [-0.2, -0.15) is 0 Å². The van der Waals surface area contributed by atoms with E-state index in [0.29, 0.717) is 19.4 Å². The molecule has 20 heavy (non-hydrogen) atoms. The lowest BCUT2D eigenvalue weighted by Gasteiger charge is -2.34. The third kappa shape index (κ3) is 3.81. The molecule has 0 aromatic heterocycles. The summed E-state index contributed by atoms with van der Waals surface area (Å²) in [7, 11) is 0.